The van der Waals surface area contributed by atoms with Crippen LogP contribution in [-0.4, -0.2) is 30.7 Å². The molecule has 4 nitrogen and oxygen atoms in total. The van der Waals surface area contributed by atoms with Gasteiger partial charge in [-0.1, -0.05) is 30.3 Å². The lowest BCUT2D eigenvalue weighted by atomic mass is 9.97. The number of thioether (sulfide) groups is 1. The summed E-state index contributed by atoms with van der Waals surface area (Å²) in [6.45, 7) is 4.36. The Hall–Kier alpha value is -1.07. The normalized spacial score (nSPS) is 21.7. The average Bonchev–Trinajstić information content (AvgIpc) is 2.48. The van der Waals surface area contributed by atoms with Crippen molar-refractivity contribution in [2.45, 2.75) is 32.2 Å². The number of benzene rings is 1. The van der Waals surface area contributed by atoms with Crippen molar-refractivity contribution in [3.63, 3.8) is 0 Å². The molecule has 1 unspecified atom stereocenters. The molecule has 0 saturated carbocycles. The van der Waals surface area contributed by atoms with E-state index in [1.54, 1.807) is 38.1 Å². The number of aliphatic imine (C=N–C) groups is 1. The first kappa shape index (κ1) is 16.3. The maximum Gasteiger partial charge on any atom is 0.161 e. The fourth-order valence-corrected chi connectivity index (χ4v) is 3.54. The molecule has 0 aromatic heterocycles. The number of ether oxygens (including phenoxy) is 2. The molecule has 6 heteroatoms. The first-order valence-electron chi connectivity index (χ1n) is 6.92. The molecular weight excluding hydrogens is 308 g/mol. The minimum atomic E-state index is 0.0110. The fraction of sp³-hybridized carbons (Fsp3) is 0.533. The van der Waals surface area contributed by atoms with Crippen LogP contribution in [0.25, 0.3) is 0 Å². The van der Waals surface area contributed by atoms with Gasteiger partial charge in [-0.2, -0.15) is 0 Å². The summed E-state index contributed by atoms with van der Waals surface area (Å²) in [6, 6.07) is 3.58. The van der Waals surface area contributed by atoms with Crippen LogP contribution in [0.3, 0.4) is 0 Å². The molecule has 0 bridgehead atoms. The molecule has 0 spiro atoms. The Morgan fingerprint density at radius 2 is 2.05 bits per heavy atom. The molecule has 0 fully saturated rings. The summed E-state index contributed by atoms with van der Waals surface area (Å²) in [6.07, 6.45) is 2.12. The molecule has 1 aliphatic rings. The smallest absolute Gasteiger partial charge is 0.161 e. The largest absolute Gasteiger partial charge is 0.495 e. The molecule has 0 saturated heterocycles. The molecule has 0 aliphatic carbocycles. The van der Waals surface area contributed by atoms with Crippen LogP contribution in [0.1, 0.15) is 26.7 Å². The summed E-state index contributed by atoms with van der Waals surface area (Å²) >= 11 is 7.91. The highest BCUT2D eigenvalue weighted by atomic mass is 35.5. The highest BCUT2D eigenvalue weighted by Crippen LogP contribution is 2.37. The van der Waals surface area contributed by atoms with Crippen LogP contribution in [0, 0.1) is 0 Å². The molecule has 0 amide bonds. The number of halogens is 1. The Kier molecular flexibility index (Phi) is 5.27. The van der Waals surface area contributed by atoms with Crippen LogP contribution < -0.4 is 14.8 Å². The zero-order valence-electron chi connectivity index (χ0n) is 12.8. The predicted octanol–water partition coefficient (Wildman–Crippen LogP) is 4.43. The van der Waals surface area contributed by atoms with Gasteiger partial charge in [-0.05, 0) is 25.8 Å². The summed E-state index contributed by atoms with van der Waals surface area (Å²) in [4.78, 5) is 4.81. The summed E-state index contributed by atoms with van der Waals surface area (Å²) < 4.78 is 10.6. The molecule has 1 heterocycles. The van der Waals surface area contributed by atoms with E-state index in [0.717, 1.165) is 29.4 Å². The third kappa shape index (κ3) is 3.77. The first-order chi connectivity index (χ1) is 10.0. The van der Waals surface area contributed by atoms with Crippen LogP contribution in [0.5, 0.6) is 11.5 Å². The number of nitrogens with zero attached hydrogens (tertiary/aromatic N) is 1. The maximum atomic E-state index is 6.19. The highest BCUT2D eigenvalue weighted by molar-refractivity contribution is 8.14. The number of rotatable bonds is 4. The van der Waals surface area contributed by atoms with Crippen LogP contribution in [0.4, 0.5) is 5.69 Å². The number of methoxy groups -OCH3 is 2. The Morgan fingerprint density at radius 1 is 1.33 bits per heavy atom. The quantitative estimate of drug-likeness (QED) is 0.887. The van der Waals surface area contributed by atoms with E-state index in [9.17, 15) is 0 Å². The molecule has 1 N–H and O–H groups in total. The van der Waals surface area contributed by atoms with Gasteiger partial charge < -0.3 is 14.8 Å². The van der Waals surface area contributed by atoms with Gasteiger partial charge >= 0.3 is 0 Å². The van der Waals surface area contributed by atoms with Crippen molar-refractivity contribution >= 4 is 34.2 Å². The molecule has 2 rings (SSSR count). The van der Waals surface area contributed by atoms with Gasteiger partial charge in [0.25, 0.3) is 0 Å². The number of anilines is 1. The molecule has 21 heavy (non-hydrogen) atoms. The minimum absolute atomic E-state index is 0.0110. The Balaban J connectivity index is 2.29. The van der Waals surface area contributed by atoms with Gasteiger partial charge in [0.1, 0.15) is 11.5 Å². The first-order valence-corrected chi connectivity index (χ1v) is 8.29. The van der Waals surface area contributed by atoms with Gasteiger partial charge in [0.2, 0.25) is 0 Å². The van der Waals surface area contributed by atoms with E-state index in [0.29, 0.717) is 16.5 Å². The maximum absolute atomic E-state index is 6.19. The zero-order valence-corrected chi connectivity index (χ0v) is 14.4. The second kappa shape index (κ2) is 6.79. The highest BCUT2D eigenvalue weighted by Gasteiger charge is 2.26. The second-order valence-electron chi connectivity index (χ2n) is 5.18. The predicted molar refractivity (Wildman–Crippen MR) is 91.4 cm³/mol. The number of amidine groups is 1. The van der Waals surface area contributed by atoms with Gasteiger partial charge in [-0.3, -0.25) is 4.99 Å². The van der Waals surface area contributed by atoms with Crippen molar-refractivity contribution in [2.75, 3.05) is 25.3 Å². The van der Waals surface area contributed by atoms with E-state index >= 15 is 0 Å². The fourth-order valence-electron chi connectivity index (χ4n) is 2.09. The number of nitrogens with one attached hydrogen (secondary N) is 1. The lowest BCUT2D eigenvalue weighted by Gasteiger charge is -2.29. The Morgan fingerprint density at radius 3 is 2.67 bits per heavy atom. The molecule has 1 aromatic rings. The van der Waals surface area contributed by atoms with Crippen molar-refractivity contribution in [2.24, 2.45) is 4.99 Å². The van der Waals surface area contributed by atoms with Gasteiger partial charge in [0.15, 0.2) is 5.17 Å². The molecule has 1 atom stereocenters. The summed E-state index contributed by atoms with van der Waals surface area (Å²) in [5.74, 6) is 2.33. The third-order valence-corrected chi connectivity index (χ3v) is 4.90. The van der Waals surface area contributed by atoms with E-state index in [4.69, 9.17) is 26.1 Å². The van der Waals surface area contributed by atoms with Crippen molar-refractivity contribution in [3.05, 3.63) is 17.2 Å². The lowest BCUT2D eigenvalue weighted by Crippen LogP contribution is -2.29. The van der Waals surface area contributed by atoms with Crippen LogP contribution >= 0.6 is 23.4 Å². The zero-order chi connectivity index (χ0) is 15.5. The van der Waals surface area contributed by atoms with Crippen LogP contribution in [0.15, 0.2) is 17.1 Å². The Labute approximate surface area is 135 Å². The van der Waals surface area contributed by atoms with Crippen LogP contribution in [-0.2, 0) is 0 Å². The second-order valence-corrected chi connectivity index (χ2v) is 6.67. The summed E-state index contributed by atoms with van der Waals surface area (Å²) in [5.41, 5.74) is 0.812. The molecular formula is C15H21ClN2O2S. The van der Waals surface area contributed by atoms with E-state index in [2.05, 4.69) is 19.2 Å². The molecule has 116 valence electrons. The van der Waals surface area contributed by atoms with Gasteiger partial charge in [0.05, 0.1) is 30.5 Å². The standard InChI is InChI=1S/C15H21ClN2O2S/c1-5-15(2)6-7-21-14(18-15)17-11-8-10(16)12(19-3)9-13(11)20-4/h8-9H,5-7H2,1-4H3,(H,17,18). The number of hydrogen-bond acceptors (Lipinski definition) is 5. The SMILES string of the molecule is CCC1(C)CCSC(Nc2cc(Cl)c(OC)cc2OC)=N1. The van der Waals surface area contributed by atoms with E-state index in [1.807, 2.05) is 0 Å². The van der Waals surface area contributed by atoms with Crippen molar-refractivity contribution in [1.29, 1.82) is 0 Å². The summed E-state index contributed by atoms with van der Waals surface area (Å²) in [7, 11) is 3.21. The molecule has 1 aromatic carbocycles. The van der Waals surface area contributed by atoms with E-state index in [1.165, 1.54) is 0 Å². The molecule has 0 radical (unpaired) electrons. The van der Waals surface area contributed by atoms with Gasteiger partial charge in [-0.15, -0.1) is 0 Å². The van der Waals surface area contributed by atoms with Crippen LogP contribution in [0.2, 0.25) is 5.02 Å². The van der Waals surface area contributed by atoms with Crippen molar-refractivity contribution in [3.8, 4) is 11.5 Å². The Bertz CT molecular complexity index is 551. The molecule has 1 aliphatic heterocycles. The monoisotopic (exact) mass is 328 g/mol. The van der Waals surface area contributed by atoms with E-state index in [-0.39, 0.29) is 5.54 Å². The van der Waals surface area contributed by atoms with Gasteiger partial charge in [0, 0.05) is 11.8 Å². The third-order valence-electron chi connectivity index (χ3n) is 3.73. The summed E-state index contributed by atoms with van der Waals surface area (Å²) in [5, 5.41) is 4.78. The lowest BCUT2D eigenvalue weighted by molar-refractivity contribution is 0.396. The average molecular weight is 329 g/mol. The van der Waals surface area contributed by atoms with E-state index < -0.39 is 0 Å². The minimum Gasteiger partial charge on any atom is -0.495 e. The van der Waals surface area contributed by atoms with Crippen molar-refractivity contribution < 1.29 is 9.47 Å². The van der Waals surface area contributed by atoms with Crippen molar-refractivity contribution in [1.82, 2.24) is 0 Å². The number of hydrogen-bond donors (Lipinski definition) is 1. The van der Waals surface area contributed by atoms with Gasteiger partial charge in [-0.25, -0.2) is 0 Å². The topological polar surface area (TPSA) is 42.8 Å².